The first-order valence-electron chi connectivity index (χ1n) is 8.07. The van der Waals surface area contributed by atoms with E-state index in [1.165, 1.54) is 64.2 Å². The van der Waals surface area contributed by atoms with Gasteiger partial charge in [-0.3, -0.25) is 5.84 Å². The van der Waals surface area contributed by atoms with Crippen molar-refractivity contribution >= 4 is 0 Å². The number of nitrogens with one attached hydrogen (secondary N) is 1. The van der Waals surface area contributed by atoms with E-state index < -0.39 is 0 Å². The van der Waals surface area contributed by atoms with Crippen LogP contribution >= 0.6 is 0 Å². The molecule has 0 aliphatic heterocycles. The van der Waals surface area contributed by atoms with Crippen molar-refractivity contribution in [2.45, 2.75) is 84.5 Å². The minimum Gasteiger partial charge on any atom is -0.255 e. The van der Waals surface area contributed by atoms with Gasteiger partial charge < -0.3 is 0 Å². The summed E-state index contributed by atoms with van der Waals surface area (Å²) >= 11 is 0. The minimum atomic E-state index is 0.928. The summed E-state index contributed by atoms with van der Waals surface area (Å²) < 4.78 is 0. The first-order chi connectivity index (χ1) is 8.81. The lowest BCUT2D eigenvalue weighted by molar-refractivity contribution is 0.190. The van der Waals surface area contributed by atoms with E-state index in [9.17, 15) is 0 Å². The highest BCUT2D eigenvalue weighted by molar-refractivity contribution is 4.49. The Morgan fingerprint density at radius 3 is 1.72 bits per heavy atom. The number of unbranched alkanes of at least 4 members (excludes halogenated alkanes) is 9. The SMILES string of the molecule is CCCCCCCCCCCCNN(N)CCC. The number of rotatable bonds is 14. The van der Waals surface area contributed by atoms with Crippen LogP contribution in [0.5, 0.6) is 0 Å². The van der Waals surface area contributed by atoms with Gasteiger partial charge in [-0.25, -0.2) is 5.43 Å². The van der Waals surface area contributed by atoms with Crippen molar-refractivity contribution in [3.63, 3.8) is 0 Å². The maximum atomic E-state index is 5.73. The van der Waals surface area contributed by atoms with Gasteiger partial charge >= 0.3 is 0 Å². The zero-order valence-electron chi connectivity index (χ0n) is 12.7. The molecule has 0 heterocycles. The minimum absolute atomic E-state index is 0.928. The molecular weight excluding hydrogens is 222 g/mol. The zero-order valence-corrected chi connectivity index (χ0v) is 12.7. The van der Waals surface area contributed by atoms with Crippen molar-refractivity contribution in [1.82, 2.24) is 10.5 Å². The van der Waals surface area contributed by atoms with Crippen LogP contribution in [0.2, 0.25) is 0 Å². The van der Waals surface area contributed by atoms with E-state index in [1.54, 1.807) is 5.12 Å². The first kappa shape index (κ1) is 17.9. The lowest BCUT2D eigenvalue weighted by Gasteiger charge is -2.16. The highest BCUT2D eigenvalue weighted by Crippen LogP contribution is 2.10. The van der Waals surface area contributed by atoms with Crippen LogP contribution < -0.4 is 11.3 Å². The molecule has 0 spiro atoms. The molecule has 0 aliphatic carbocycles. The van der Waals surface area contributed by atoms with Crippen molar-refractivity contribution < 1.29 is 0 Å². The summed E-state index contributed by atoms with van der Waals surface area (Å²) in [5, 5.41) is 1.72. The van der Waals surface area contributed by atoms with Gasteiger partial charge in [0.05, 0.1) is 0 Å². The third-order valence-electron chi connectivity index (χ3n) is 3.31. The third kappa shape index (κ3) is 13.9. The highest BCUT2D eigenvalue weighted by atomic mass is 15.7. The van der Waals surface area contributed by atoms with Crippen LogP contribution in [0.4, 0.5) is 0 Å². The van der Waals surface area contributed by atoms with Gasteiger partial charge in [0.15, 0.2) is 0 Å². The molecule has 0 aromatic carbocycles. The smallest absolute Gasteiger partial charge is 0.0283 e. The summed E-state index contributed by atoms with van der Waals surface area (Å²) in [5.74, 6) is 5.73. The lowest BCUT2D eigenvalue weighted by atomic mass is 10.1. The van der Waals surface area contributed by atoms with Gasteiger partial charge in [0, 0.05) is 13.1 Å². The predicted octanol–water partition coefficient (Wildman–Crippen LogP) is 4.00. The molecule has 0 saturated carbocycles. The maximum Gasteiger partial charge on any atom is 0.0283 e. The number of hydrazine groups is 2. The molecule has 0 saturated heterocycles. The average Bonchev–Trinajstić information content (AvgIpc) is 2.36. The Hall–Kier alpha value is -0.120. The predicted molar refractivity (Wildman–Crippen MR) is 81.0 cm³/mol. The van der Waals surface area contributed by atoms with Crippen LogP contribution in [-0.4, -0.2) is 18.2 Å². The van der Waals surface area contributed by atoms with Crippen molar-refractivity contribution in [3.8, 4) is 0 Å². The molecule has 0 unspecified atom stereocenters. The molecule has 0 atom stereocenters. The lowest BCUT2D eigenvalue weighted by Crippen LogP contribution is -2.44. The molecule has 0 aliphatic rings. The highest BCUT2D eigenvalue weighted by Gasteiger charge is 1.95. The van der Waals surface area contributed by atoms with Crippen molar-refractivity contribution in [2.75, 3.05) is 13.1 Å². The second kappa shape index (κ2) is 14.9. The Balaban J connectivity index is 2.98. The van der Waals surface area contributed by atoms with Crippen LogP contribution in [0.25, 0.3) is 0 Å². The summed E-state index contributed by atoms with van der Waals surface area (Å²) in [6, 6.07) is 0. The summed E-state index contributed by atoms with van der Waals surface area (Å²) in [6.07, 6.45) is 15.0. The second-order valence-electron chi connectivity index (χ2n) is 5.28. The van der Waals surface area contributed by atoms with E-state index in [2.05, 4.69) is 19.3 Å². The fourth-order valence-electron chi connectivity index (χ4n) is 2.16. The fourth-order valence-corrected chi connectivity index (χ4v) is 2.16. The van der Waals surface area contributed by atoms with E-state index in [0.717, 1.165) is 19.5 Å². The van der Waals surface area contributed by atoms with E-state index in [1.807, 2.05) is 0 Å². The van der Waals surface area contributed by atoms with Crippen LogP contribution in [0.15, 0.2) is 0 Å². The maximum absolute atomic E-state index is 5.73. The van der Waals surface area contributed by atoms with E-state index >= 15 is 0 Å². The molecule has 3 N–H and O–H groups in total. The largest absolute Gasteiger partial charge is 0.255 e. The topological polar surface area (TPSA) is 41.3 Å². The number of hydrogen-bond acceptors (Lipinski definition) is 3. The van der Waals surface area contributed by atoms with Crippen LogP contribution in [0.1, 0.15) is 84.5 Å². The molecule has 0 rings (SSSR count). The van der Waals surface area contributed by atoms with E-state index in [0.29, 0.717) is 0 Å². The molecule has 0 bridgehead atoms. The first-order valence-corrected chi connectivity index (χ1v) is 8.07. The van der Waals surface area contributed by atoms with Gasteiger partial charge in [0.2, 0.25) is 0 Å². The average molecular weight is 257 g/mol. The second-order valence-corrected chi connectivity index (χ2v) is 5.28. The Bertz CT molecular complexity index is 151. The molecule has 110 valence electrons. The normalized spacial score (nSPS) is 11.3. The van der Waals surface area contributed by atoms with Gasteiger partial charge in [-0.2, -0.15) is 5.12 Å². The van der Waals surface area contributed by atoms with Crippen LogP contribution in [0, 0.1) is 0 Å². The Labute approximate surface area is 114 Å². The molecule has 0 fully saturated rings. The molecule has 0 amide bonds. The molecule has 0 aromatic rings. The molecule has 0 aromatic heterocycles. The van der Waals surface area contributed by atoms with Gasteiger partial charge in [0.25, 0.3) is 0 Å². The van der Waals surface area contributed by atoms with Crippen LogP contribution in [0.3, 0.4) is 0 Å². The Morgan fingerprint density at radius 2 is 1.22 bits per heavy atom. The Morgan fingerprint density at radius 1 is 0.722 bits per heavy atom. The monoisotopic (exact) mass is 257 g/mol. The van der Waals surface area contributed by atoms with Gasteiger partial charge in [-0.15, -0.1) is 0 Å². The van der Waals surface area contributed by atoms with Crippen molar-refractivity contribution in [2.24, 2.45) is 5.84 Å². The summed E-state index contributed by atoms with van der Waals surface area (Å²) in [6.45, 7) is 6.36. The fraction of sp³-hybridized carbons (Fsp3) is 1.00. The number of hydrogen-bond donors (Lipinski definition) is 2. The third-order valence-corrected chi connectivity index (χ3v) is 3.31. The van der Waals surface area contributed by atoms with Crippen molar-refractivity contribution in [1.29, 1.82) is 0 Å². The molecule has 18 heavy (non-hydrogen) atoms. The van der Waals surface area contributed by atoms with E-state index in [4.69, 9.17) is 5.84 Å². The standard InChI is InChI=1S/C15H35N3/c1-3-5-6-7-8-9-10-11-12-13-14-17-18(16)15-4-2/h17H,3-16H2,1-2H3. The van der Waals surface area contributed by atoms with E-state index in [-0.39, 0.29) is 0 Å². The molecule has 3 heteroatoms. The Kier molecular flexibility index (Phi) is 14.8. The number of nitrogens with zero attached hydrogens (tertiary/aromatic N) is 1. The quantitative estimate of drug-likeness (QED) is 0.281. The number of nitrogens with two attached hydrogens (primary N) is 1. The van der Waals surface area contributed by atoms with Crippen LogP contribution in [-0.2, 0) is 0 Å². The summed E-state index contributed by atoms with van der Waals surface area (Å²) in [7, 11) is 0. The van der Waals surface area contributed by atoms with Gasteiger partial charge in [-0.05, 0) is 12.8 Å². The summed E-state index contributed by atoms with van der Waals surface area (Å²) in [5.41, 5.74) is 3.22. The summed E-state index contributed by atoms with van der Waals surface area (Å²) in [4.78, 5) is 0. The molecule has 3 nitrogen and oxygen atoms in total. The molecule has 0 radical (unpaired) electrons. The van der Waals surface area contributed by atoms with Crippen molar-refractivity contribution in [3.05, 3.63) is 0 Å². The van der Waals surface area contributed by atoms with Gasteiger partial charge in [0.1, 0.15) is 0 Å². The zero-order chi connectivity index (χ0) is 13.5. The molecular formula is C15H35N3. The van der Waals surface area contributed by atoms with Gasteiger partial charge in [-0.1, -0.05) is 71.6 Å².